The van der Waals surface area contributed by atoms with Gasteiger partial charge in [-0.05, 0) is 61.4 Å². The van der Waals surface area contributed by atoms with E-state index in [1.807, 2.05) is 24.3 Å². The van der Waals surface area contributed by atoms with Gasteiger partial charge in [0.2, 0.25) is 0 Å². The van der Waals surface area contributed by atoms with Crippen LogP contribution in [0.2, 0.25) is 0 Å². The third-order valence-electron chi connectivity index (χ3n) is 6.08. The maximum atomic E-state index is 11.5. The van der Waals surface area contributed by atoms with Gasteiger partial charge in [-0.25, -0.2) is 5.48 Å². The van der Waals surface area contributed by atoms with Gasteiger partial charge in [0.05, 0.1) is 0 Å². The van der Waals surface area contributed by atoms with Crippen LogP contribution in [0.25, 0.3) is 5.69 Å². The average molecular weight is 419 g/mol. The maximum absolute atomic E-state index is 11.5. The van der Waals surface area contributed by atoms with Gasteiger partial charge in [0.25, 0.3) is 5.91 Å². The maximum Gasteiger partial charge on any atom is 0.274 e. The minimum absolute atomic E-state index is 0.443. The number of rotatable bonds is 6. The average Bonchev–Trinajstić information content (AvgIpc) is 3.32. The van der Waals surface area contributed by atoms with Crippen molar-refractivity contribution >= 4 is 5.91 Å². The van der Waals surface area contributed by atoms with E-state index in [4.69, 9.17) is 5.21 Å². The van der Waals surface area contributed by atoms with E-state index < -0.39 is 5.91 Å². The molecular weight excluding hydrogens is 388 g/mol. The molecule has 1 saturated heterocycles. The van der Waals surface area contributed by atoms with Gasteiger partial charge >= 0.3 is 0 Å². The molecule has 2 heterocycles. The minimum atomic E-state index is -0.483. The number of benzene rings is 2. The van der Waals surface area contributed by atoms with Gasteiger partial charge in [-0.1, -0.05) is 24.3 Å². The van der Waals surface area contributed by atoms with Crippen LogP contribution in [0.5, 0.6) is 0 Å². The number of aromatic nitrogens is 1. The molecule has 0 unspecified atom stereocenters. The second-order valence-electron chi connectivity index (χ2n) is 8.46. The molecule has 4 rings (SSSR count). The highest BCUT2D eigenvalue weighted by Gasteiger charge is 2.29. The predicted molar refractivity (Wildman–Crippen MR) is 121 cm³/mol. The number of hydroxylamine groups is 1. The Balaban J connectivity index is 1.38. The van der Waals surface area contributed by atoms with E-state index in [0.717, 1.165) is 26.2 Å². The van der Waals surface area contributed by atoms with E-state index in [-0.39, 0.29) is 0 Å². The lowest BCUT2D eigenvalue weighted by Crippen LogP contribution is -2.55. The Labute approximate surface area is 183 Å². The van der Waals surface area contributed by atoms with E-state index in [2.05, 4.69) is 64.9 Å². The number of nitrogens with one attached hydrogen (secondary N) is 1. The number of carbonyl (C=O) groups is 1. The minimum Gasteiger partial charge on any atom is -0.324 e. The van der Waals surface area contributed by atoms with Crippen molar-refractivity contribution in [3.63, 3.8) is 0 Å². The number of hydrogen-bond acceptors (Lipinski definition) is 4. The lowest BCUT2D eigenvalue weighted by atomic mass is 10.0. The second kappa shape index (κ2) is 9.47. The molecule has 1 aromatic heterocycles. The van der Waals surface area contributed by atoms with E-state index in [0.29, 0.717) is 17.6 Å². The van der Waals surface area contributed by atoms with Crippen molar-refractivity contribution in [2.45, 2.75) is 39.0 Å². The molecule has 0 spiro atoms. The van der Waals surface area contributed by atoms with Crippen molar-refractivity contribution in [1.82, 2.24) is 19.8 Å². The fourth-order valence-corrected chi connectivity index (χ4v) is 4.52. The van der Waals surface area contributed by atoms with Gasteiger partial charge in [-0.15, -0.1) is 0 Å². The van der Waals surface area contributed by atoms with Crippen molar-refractivity contribution in [3.8, 4) is 5.69 Å². The summed E-state index contributed by atoms with van der Waals surface area (Å²) in [5.41, 5.74) is 5.82. The summed E-state index contributed by atoms with van der Waals surface area (Å²) in [6.07, 6.45) is 4.15. The van der Waals surface area contributed by atoms with Crippen molar-refractivity contribution in [1.29, 1.82) is 0 Å². The van der Waals surface area contributed by atoms with Gasteiger partial charge in [0, 0.05) is 61.9 Å². The molecule has 0 bridgehead atoms. The monoisotopic (exact) mass is 418 g/mol. The molecule has 6 nitrogen and oxygen atoms in total. The van der Waals surface area contributed by atoms with Crippen LogP contribution in [0.1, 0.15) is 35.3 Å². The van der Waals surface area contributed by atoms with Crippen LogP contribution in [0, 0.1) is 0 Å². The van der Waals surface area contributed by atoms with Crippen LogP contribution in [0.3, 0.4) is 0 Å². The molecule has 1 aliphatic rings. The van der Waals surface area contributed by atoms with Crippen LogP contribution >= 0.6 is 0 Å². The fraction of sp³-hybridized carbons (Fsp3) is 0.320. The van der Waals surface area contributed by atoms with Gasteiger partial charge in [0.15, 0.2) is 0 Å². The van der Waals surface area contributed by atoms with Crippen LogP contribution in [-0.4, -0.2) is 50.7 Å². The Morgan fingerprint density at radius 1 is 0.935 bits per heavy atom. The molecule has 1 amide bonds. The summed E-state index contributed by atoms with van der Waals surface area (Å²) in [6, 6.07) is 21.2. The molecule has 31 heavy (non-hydrogen) atoms. The highest BCUT2D eigenvalue weighted by Crippen LogP contribution is 2.22. The van der Waals surface area contributed by atoms with Gasteiger partial charge in [-0.3, -0.25) is 19.8 Å². The lowest BCUT2D eigenvalue weighted by Gasteiger charge is -2.44. The Hall–Kier alpha value is -2.93. The van der Waals surface area contributed by atoms with Gasteiger partial charge in [-0.2, -0.15) is 0 Å². The first kappa shape index (κ1) is 21.3. The SMILES string of the molecule is C[C@@H]1CN(Cc2ccc(C(=O)NO)cc2)C[C@H](C)N1Cc1cccc(-n2cccc2)c1. The van der Waals surface area contributed by atoms with Crippen LogP contribution < -0.4 is 5.48 Å². The Morgan fingerprint density at radius 2 is 1.61 bits per heavy atom. The van der Waals surface area contributed by atoms with Crippen LogP contribution in [-0.2, 0) is 13.1 Å². The zero-order valence-corrected chi connectivity index (χ0v) is 18.1. The van der Waals surface area contributed by atoms with E-state index in [1.54, 1.807) is 17.6 Å². The lowest BCUT2D eigenvalue weighted by molar-refractivity contribution is 0.0290. The molecule has 1 fully saturated rings. The number of hydrogen-bond donors (Lipinski definition) is 2. The summed E-state index contributed by atoms with van der Waals surface area (Å²) in [7, 11) is 0. The second-order valence-corrected chi connectivity index (χ2v) is 8.46. The smallest absolute Gasteiger partial charge is 0.274 e. The van der Waals surface area contributed by atoms with Gasteiger partial charge < -0.3 is 4.57 Å². The molecule has 2 aromatic carbocycles. The highest BCUT2D eigenvalue weighted by molar-refractivity contribution is 5.93. The number of nitrogens with zero attached hydrogens (tertiary/aromatic N) is 3. The summed E-state index contributed by atoms with van der Waals surface area (Å²) >= 11 is 0. The van der Waals surface area contributed by atoms with Crippen molar-refractivity contribution in [2.24, 2.45) is 0 Å². The predicted octanol–water partition coefficient (Wildman–Crippen LogP) is 3.69. The molecule has 2 N–H and O–H groups in total. The Kier molecular flexibility index (Phi) is 6.51. The zero-order valence-electron chi connectivity index (χ0n) is 18.1. The standard InChI is InChI=1S/C25H30N4O2/c1-19-15-27(17-21-8-10-23(11-9-21)25(30)26-31)16-20(2)29(19)18-22-6-5-7-24(14-22)28-12-3-4-13-28/h3-14,19-20,31H,15-18H2,1-2H3,(H,26,30)/t19-,20+. The molecule has 1 aliphatic heterocycles. The summed E-state index contributed by atoms with van der Waals surface area (Å²) in [6.45, 7) is 8.39. The molecular formula is C25H30N4O2. The molecule has 3 aromatic rings. The van der Waals surface area contributed by atoms with Crippen LogP contribution in [0.15, 0.2) is 73.1 Å². The topological polar surface area (TPSA) is 60.7 Å². The molecule has 6 heteroatoms. The first-order valence-corrected chi connectivity index (χ1v) is 10.8. The summed E-state index contributed by atoms with van der Waals surface area (Å²) in [4.78, 5) is 16.6. The molecule has 162 valence electrons. The summed E-state index contributed by atoms with van der Waals surface area (Å²) < 4.78 is 2.14. The fourth-order valence-electron chi connectivity index (χ4n) is 4.52. The van der Waals surface area contributed by atoms with E-state index >= 15 is 0 Å². The first-order chi connectivity index (χ1) is 15.0. The van der Waals surface area contributed by atoms with Gasteiger partial charge in [0.1, 0.15) is 0 Å². The number of carbonyl (C=O) groups excluding carboxylic acids is 1. The number of piperazine rings is 1. The largest absolute Gasteiger partial charge is 0.324 e. The van der Waals surface area contributed by atoms with Crippen molar-refractivity contribution < 1.29 is 10.0 Å². The Bertz CT molecular complexity index is 989. The van der Waals surface area contributed by atoms with Crippen molar-refractivity contribution in [3.05, 3.63) is 89.7 Å². The summed E-state index contributed by atoms with van der Waals surface area (Å²) in [5.74, 6) is -0.483. The molecule has 0 saturated carbocycles. The molecule has 0 aliphatic carbocycles. The zero-order chi connectivity index (χ0) is 21.8. The highest BCUT2D eigenvalue weighted by atomic mass is 16.5. The summed E-state index contributed by atoms with van der Waals surface area (Å²) in [5, 5.41) is 8.76. The van der Waals surface area contributed by atoms with Crippen LogP contribution in [0.4, 0.5) is 0 Å². The van der Waals surface area contributed by atoms with E-state index in [9.17, 15) is 4.79 Å². The van der Waals surface area contributed by atoms with E-state index in [1.165, 1.54) is 16.8 Å². The Morgan fingerprint density at radius 3 is 2.26 bits per heavy atom. The first-order valence-electron chi connectivity index (χ1n) is 10.8. The van der Waals surface area contributed by atoms with Crippen molar-refractivity contribution in [2.75, 3.05) is 13.1 Å². The quantitative estimate of drug-likeness (QED) is 0.473. The third kappa shape index (κ3) is 5.05. The number of amides is 1. The molecule has 0 radical (unpaired) electrons. The normalized spacial score (nSPS) is 20.0. The molecule has 2 atom stereocenters. The third-order valence-corrected chi connectivity index (χ3v) is 6.08.